The molecule has 0 saturated carbocycles. The third-order valence-corrected chi connectivity index (χ3v) is 2.98. The Kier molecular flexibility index (Phi) is 4.84. The molecule has 0 saturated heterocycles. The number of carboxylic acids is 1. The lowest BCUT2D eigenvalue weighted by molar-refractivity contribution is -0.105. The van der Waals surface area contributed by atoms with Crippen molar-refractivity contribution in [1.82, 2.24) is 0 Å². The topological polar surface area (TPSA) is 75.6 Å². The van der Waals surface area contributed by atoms with Gasteiger partial charge in [0.25, 0.3) is 0 Å². The Bertz CT molecular complexity index is 434. The molecule has 1 aromatic carbocycles. The lowest BCUT2D eigenvalue weighted by Gasteiger charge is -2.12. The van der Waals surface area contributed by atoms with E-state index in [1.807, 2.05) is 6.92 Å². The summed E-state index contributed by atoms with van der Waals surface area (Å²) in [6.45, 7) is 1.94. The van der Waals surface area contributed by atoms with E-state index in [4.69, 9.17) is 9.84 Å². The predicted molar refractivity (Wildman–Crippen MR) is 66.0 cm³/mol. The average molecular weight is 255 g/mol. The number of carbonyl (C=O) groups is 2. The Morgan fingerprint density at radius 3 is 2.76 bits per heavy atom. The summed E-state index contributed by atoms with van der Waals surface area (Å²) in [5.41, 5.74) is 0.633. The van der Waals surface area contributed by atoms with Gasteiger partial charge in [0.05, 0.1) is 12.8 Å². The molecule has 0 aliphatic heterocycles. The summed E-state index contributed by atoms with van der Waals surface area (Å²) >= 11 is 1.45. The minimum atomic E-state index is -1.06. The Labute approximate surface area is 103 Å². The summed E-state index contributed by atoms with van der Waals surface area (Å²) < 4.78 is 4.98. The number of aromatic carboxylic acids is 1. The van der Waals surface area contributed by atoms with E-state index in [9.17, 15) is 9.59 Å². The van der Waals surface area contributed by atoms with Gasteiger partial charge in [-0.15, -0.1) is 11.8 Å². The highest BCUT2D eigenvalue weighted by atomic mass is 32.2. The van der Waals surface area contributed by atoms with Crippen molar-refractivity contribution in [3.05, 3.63) is 17.7 Å². The largest absolute Gasteiger partial charge is 0.496 e. The van der Waals surface area contributed by atoms with Gasteiger partial charge in [-0.2, -0.15) is 0 Å². The summed E-state index contributed by atoms with van der Waals surface area (Å²) in [7, 11) is 1.39. The molecule has 0 aliphatic carbocycles. The molecule has 0 aromatic heterocycles. The van der Waals surface area contributed by atoms with Gasteiger partial charge in [-0.3, -0.25) is 4.79 Å². The number of anilines is 1. The fraction of sp³-hybridized carbons (Fsp3) is 0.273. The van der Waals surface area contributed by atoms with Gasteiger partial charge in [-0.1, -0.05) is 6.92 Å². The molecule has 0 radical (unpaired) electrons. The molecule has 0 bridgehead atoms. The molecular weight excluding hydrogens is 242 g/mol. The van der Waals surface area contributed by atoms with Gasteiger partial charge < -0.3 is 15.2 Å². The van der Waals surface area contributed by atoms with Crippen molar-refractivity contribution in [2.45, 2.75) is 11.8 Å². The molecule has 17 heavy (non-hydrogen) atoms. The molecule has 1 rings (SSSR count). The van der Waals surface area contributed by atoms with Gasteiger partial charge in [0, 0.05) is 11.0 Å². The van der Waals surface area contributed by atoms with E-state index in [1.165, 1.54) is 31.0 Å². The van der Waals surface area contributed by atoms with Crippen LogP contribution in [-0.2, 0) is 4.79 Å². The van der Waals surface area contributed by atoms with E-state index in [1.54, 1.807) is 0 Å². The van der Waals surface area contributed by atoms with E-state index in [-0.39, 0.29) is 11.3 Å². The van der Waals surface area contributed by atoms with Crippen LogP contribution in [0.4, 0.5) is 5.69 Å². The van der Waals surface area contributed by atoms with Crippen molar-refractivity contribution in [2.24, 2.45) is 0 Å². The highest BCUT2D eigenvalue weighted by Gasteiger charge is 2.15. The van der Waals surface area contributed by atoms with Crippen LogP contribution in [0, 0.1) is 0 Å². The first-order valence-corrected chi connectivity index (χ1v) is 5.90. The molecule has 0 unspecified atom stereocenters. The number of hydrogen-bond acceptors (Lipinski definition) is 4. The van der Waals surface area contributed by atoms with Crippen LogP contribution in [0.3, 0.4) is 0 Å². The summed E-state index contributed by atoms with van der Waals surface area (Å²) in [5.74, 6) is -0.0568. The van der Waals surface area contributed by atoms with Crippen LogP contribution in [0.15, 0.2) is 17.0 Å². The molecule has 0 fully saturated rings. The van der Waals surface area contributed by atoms with E-state index in [0.717, 1.165) is 5.75 Å². The number of nitrogens with one attached hydrogen (secondary N) is 1. The van der Waals surface area contributed by atoms with Crippen LogP contribution in [0.1, 0.15) is 17.3 Å². The van der Waals surface area contributed by atoms with Crippen molar-refractivity contribution in [1.29, 1.82) is 0 Å². The summed E-state index contributed by atoms with van der Waals surface area (Å²) in [5, 5.41) is 11.6. The molecule has 1 aromatic rings. The third kappa shape index (κ3) is 3.13. The first-order valence-electron chi connectivity index (χ1n) is 4.92. The second kappa shape index (κ2) is 6.15. The van der Waals surface area contributed by atoms with Crippen LogP contribution in [-0.4, -0.2) is 30.3 Å². The second-order valence-corrected chi connectivity index (χ2v) is 4.35. The van der Waals surface area contributed by atoms with Gasteiger partial charge >= 0.3 is 5.97 Å². The van der Waals surface area contributed by atoms with E-state index in [2.05, 4.69) is 5.32 Å². The van der Waals surface area contributed by atoms with Crippen LogP contribution in [0.5, 0.6) is 5.75 Å². The van der Waals surface area contributed by atoms with E-state index >= 15 is 0 Å². The number of benzene rings is 1. The van der Waals surface area contributed by atoms with E-state index < -0.39 is 5.97 Å². The van der Waals surface area contributed by atoms with Crippen LogP contribution in [0.25, 0.3) is 0 Å². The number of carboxylic acid groups (broad SMARTS) is 1. The smallest absolute Gasteiger partial charge is 0.339 e. The Morgan fingerprint density at radius 1 is 1.59 bits per heavy atom. The van der Waals surface area contributed by atoms with Gasteiger partial charge in [0.2, 0.25) is 6.41 Å². The molecule has 0 atom stereocenters. The quantitative estimate of drug-likeness (QED) is 0.601. The highest BCUT2D eigenvalue weighted by molar-refractivity contribution is 7.99. The Morgan fingerprint density at radius 2 is 2.29 bits per heavy atom. The maximum atomic E-state index is 11.0. The third-order valence-electron chi connectivity index (χ3n) is 2.05. The minimum absolute atomic E-state index is 0.0832. The normalized spacial score (nSPS) is 9.76. The molecule has 92 valence electrons. The van der Waals surface area contributed by atoms with Gasteiger partial charge in [-0.05, 0) is 11.8 Å². The lowest BCUT2D eigenvalue weighted by Crippen LogP contribution is -2.04. The number of hydrogen-bond donors (Lipinski definition) is 2. The van der Waals surface area contributed by atoms with Crippen LogP contribution < -0.4 is 10.1 Å². The molecule has 0 spiro atoms. The molecule has 0 heterocycles. The number of carbonyl (C=O) groups excluding carboxylic acids is 1. The molecule has 0 aliphatic rings. The fourth-order valence-electron chi connectivity index (χ4n) is 1.35. The van der Waals surface area contributed by atoms with Crippen molar-refractivity contribution >= 4 is 29.8 Å². The van der Waals surface area contributed by atoms with Gasteiger partial charge in [0.15, 0.2) is 0 Å². The number of rotatable bonds is 6. The second-order valence-electron chi connectivity index (χ2n) is 3.05. The molecule has 1 amide bonds. The standard InChI is InChI=1S/C11H13NO4S/c1-3-17-10-4-7(11(14)15)9(16-2)5-8(10)12-6-13/h4-6H,3H2,1-2H3,(H,12,13)(H,14,15). The number of amides is 1. The summed E-state index contributed by atoms with van der Waals surface area (Å²) in [6.07, 6.45) is 0.551. The zero-order valence-electron chi connectivity index (χ0n) is 9.52. The molecule has 5 nitrogen and oxygen atoms in total. The Balaban J connectivity index is 3.30. The SMILES string of the molecule is CCSc1cc(C(=O)O)c(OC)cc1NC=O. The van der Waals surface area contributed by atoms with Crippen molar-refractivity contribution in [3.63, 3.8) is 0 Å². The summed E-state index contributed by atoms with van der Waals surface area (Å²) in [4.78, 5) is 22.2. The minimum Gasteiger partial charge on any atom is -0.496 e. The highest BCUT2D eigenvalue weighted by Crippen LogP contribution is 2.33. The van der Waals surface area contributed by atoms with E-state index in [0.29, 0.717) is 17.0 Å². The maximum absolute atomic E-state index is 11.0. The zero-order chi connectivity index (χ0) is 12.8. The van der Waals surface area contributed by atoms with Crippen LogP contribution in [0.2, 0.25) is 0 Å². The van der Waals surface area contributed by atoms with Crippen molar-refractivity contribution in [2.75, 3.05) is 18.2 Å². The first kappa shape index (κ1) is 13.4. The Hall–Kier alpha value is -1.69. The number of methoxy groups -OCH3 is 1. The first-order chi connectivity index (χ1) is 8.13. The predicted octanol–water partition coefficient (Wildman–Crippen LogP) is 2.07. The molecular formula is C11H13NO4S. The number of thioether (sulfide) groups is 1. The fourth-order valence-corrected chi connectivity index (χ4v) is 2.13. The zero-order valence-corrected chi connectivity index (χ0v) is 10.3. The summed E-state index contributed by atoms with van der Waals surface area (Å²) in [6, 6.07) is 3.01. The van der Waals surface area contributed by atoms with Crippen molar-refractivity contribution < 1.29 is 19.4 Å². The maximum Gasteiger partial charge on any atom is 0.339 e. The lowest BCUT2D eigenvalue weighted by atomic mass is 10.2. The van der Waals surface area contributed by atoms with Gasteiger partial charge in [-0.25, -0.2) is 4.79 Å². The van der Waals surface area contributed by atoms with Crippen molar-refractivity contribution in [3.8, 4) is 5.75 Å². The van der Waals surface area contributed by atoms with Gasteiger partial charge in [0.1, 0.15) is 11.3 Å². The monoisotopic (exact) mass is 255 g/mol. The molecule has 6 heteroatoms. The number of ether oxygens (including phenoxy) is 1. The van der Waals surface area contributed by atoms with Crippen LogP contribution >= 0.6 is 11.8 Å². The molecule has 2 N–H and O–H groups in total. The average Bonchev–Trinajstić information content (AvgIpc) is 2.31.